The van der Waals surface area contributed by atoms with E-state index in [1.807, 2.05) is 13.8 Å². The largest absolute Gasteiger partial charge is 0.321 e. The fourth-order valence-electron chi connectivity index (χ4n) is 2.34. The van der Waals surface area contributed by atoms with E-state index in [0.717, 1.165) is 11.1 Å². The molecule has 0 bridgehead atoms. The van der Waals surface area contributed by atoms with Gasteiger partial charge in [0.05, 0.1) is 22.5 Å². The Labute approximate surface area is 117 Å². The van der Waals surface area contributed by atoms with Crippen LogP contribution in [0.5, 0.6) is 0 Å². The summed E-state index contributed by atoms with van der Waals surface area (Å²) in [4.78, 5) is 24.3. The van der Waals surface area contributed by atoms with E-state index >= 15 is 0 Å². The lowest BCUT2D eigenvalue weighted by Crippen LogP contribution is -2.23. The van der Waals surface area contributed by atoms with Gasteiger partial charge in [0.2, 0.25) is 0 Å². The molecular weight excluding hydrogens is 252 g/mol. The number of amides is 2. The Kier molecular flexibility index (Phi) is 3.57. The molecule has 2 aliphatic rings. The van der Waals surface area contributed by atoms with Crippen molar-refractivity contribution in [2.24, 2.45) is 0 Å². The van der Waals surface area contributed by atoms with Crippen LogP contribution >= 0.6 is 0 Å². The van der Waals surface area contributed by atoms with Crippen LogP contribution in [0.15, 0.2) is 71.1 Å². The predicted octanol–water partition coefficient (Wildman–Crippen LogP) is 2.02. The molecule has 0 spiro atoms. The summed E-state index contributed by atoms with van der Waals surface area (Å²) in [6, 6.07) is 0. The normalized spacial score (nSPS) is 19.1. The van der Waals surface area contributed by atoms with Gasteiger partial charge in [0.25, 0.3) is 11.8 Å². The zero-order valence-corrected chi connectivity index (χ0v) is 11.5. The Morgan fingerprint density at radius 2 is 1.20 bits per heavy atom. The summed E-state index contributed by atoms with van der Waals surface area (Å²) >= 11 is 0. The molecule has 2 heterocycles. The van der Waals surface area contributed by atoms with Crippen molar-refractivity contribution in [1.82, 2.24) is 10.6 Å². The van der Waals surface area contributed by atoms with E-state index in [1.165, 1.54) is 0 Å². The van der Waals surface area contributed by atoms with Gasteiger partial charge in [-0.3, -0.25) is 9.59 Å². The van der Waals surface area contributed by atoms with Gasteiger partial charge in [-0.25, -0.2) is 0 Å². The van der Waals surface area contributed by atoms with E-state index in [1.54, 1.807) is 24.3 Å². The Morgan fingerprint density at radius 1 is 0.850 bits per heavy atom. The second kappa shape index (κ2) is 5.17. The molecule has 0 aromatic carbocycles. The van der Waals surface area contributed by atoms with Crippen molar-refractivity contribution in [3.05, 3.63) is 71.1 Å². The smallest absolute Gasteiger partial charge is 0.258 e. The van der Waals surface area contributed by atoms with Gasteiger partial charge in [-0.2, -0.15) is 0 Å². The summed E-state index contributed by atoms with van der Waals surface area (Å²) in [5.41, 5.74) is 3.21. The summed E-state index contributed by atoms with van der Waals surface area (Å²) in [7, 11) is 0. The Morgan fingerprint density at radius 3 is 1.45 bits per heavy atom. The molecule has 0 aliphatic carbocycles. The second-order valence-electron chi connectivity index (χ2n) is 4.30. The lowest BCUT2D eigenvalue weighted by atomic mass is 10.0. The van der Waals surface area contributed by atoms with Crippen molar-refractivity contribution < 1.29 is 9.59 Å². The van der Waals surface area contributed by atoms with Gasteiger partial charge < -0.3 is 10.6 Å². The fraction of sp³-hybridized carbons (Fsp3) is 0.125. The third-order valence-corrected chi connectivity index (χ3v) is 3.32. The van der Waals surface area contributed by atoms with Crippen molar-refractivity contribution in [3.63, 3.8) is 0 Å². The van der Waals surface area contributed by atoms with Crippen LogP contribution in [0.3, 0.4) is 0 Å². The van der Waals surface area contributed by atoms with Crippen LogP contribution in [0, 0.1) is 0 Å². The molecule has 0 unspecified atom stereocenters. The summed E-state index contributed by atoms with van der Waals surface area (Å²) in [5, 5.41) is 5.48. The lowest BCUT2D eigenvalue weighted by Gasteiger charge is -2.07. The minimum atomic E-state index is -0.286. The molecule has 2 N–H and O–H groups in total. The van der Waals surface area contributed by atoms with Crippen molar-refractivity contribution in [2.75, 3.05) is 0 Å². The van der Waals surface area contributed by atoms with Gasteiger partial charge in [0, 0.05) is 0 Å². The number of allylic oxidation sites excluding steroid dienone is 4. The molecule has 0 atom stereocenters. The molecule has 4 nitrogen and oxygen atoms in total. The first kappa shape index (κ1) is 13.8. The molecule has 2 rings (SSSR count). The van der Waals surface area contributed by atoms with E-state index in [9.17, 15) is 9.59 Å². The number of hydrogen-bond donors (Lipinski definition) is 2. The maximum Gasteiger partial charge on any atom is 0.258 e. The molecule has 102 valence electrons. The molecule has 0 radical (unpaired) electrons. The van der Waals surface area contributed by atoms with Crippen LogP contribution in [0.2, 0.25) is 0 Å². The topological polar surface area (TPSA) is 58.2 Å². The minimum absolute atomic E-state index is 0.286. The van der Waals surface area contributed by atoms with E-state index in [0.29, 0.717) is 22.5 Å². The fourth-order valence-corrected chi connectivity index (χ4v) is 2.34. The zero-order valence-electron chi connectivity index (χ0n) is 11.5. The molecule has 4 heteroatoms. The van der Waals surface area contributed by atoms with Gasteiger partial charge in [0.1, 0.15) is 0 Å². The molecule has 2 amide bonds. The molecule has 0 aromatic rings. The zero-order chi connectivity index (χ0) is 14.9. The number of rotatable bonds is 4. The SMILES string of the molecule is C=C/C(=C\C)C1=C2C(=O)NC(/C(C=C)=C/C)=C2C(=O)N1. The molecular formula is C16H16N2O2. The first-order chi connectivity index (χ1) is 9.58. The maximum absolute atomic E-state index is 12.2. The van der Waals surface area contributed by atoms with Crippen molar-refractivity contribution in [1.29, 1.82) is 0 Å². The molecule has 2 aliphatic heterocycles. The van der Waals surface area contributed by atoms with Crippen molar-refractivity contribution >= 4 is 11.8 Å². The molecule has 20 heavy (non-hydrogen) atoms. The first-order valence-electron chi connectivity index (χ1n) is 6.28. The highest BCUT2D eigenvalue weighted by atomic mass is 16.2. The Balaban J connectivity index is 2.70. The van der Waals surface area contributed by atoms with Crippen LogP contribution in [-0.4, -0.2) is 11.8 Å². The summed E-state index contributed by atoms with van der Waals surface area (Å²) in [6.45, 7) is 11.0. The van der Waals surface area contributed by atoms with E-state index in [4.69, 9.17) is 0 Å². The van der Waals surface area contributed by atoms with Crippen molar-refractivity contribution in [3.8, 4) is 0 Å². The molecule has 0 saturated heterocycles. The van der Waals surface area contributed by atoms with Gasteiger partial charge in [-0.15, -0.1) is 0 Å². The van der Waals surface area contributed by atoms with Gasteiger partial charge in [-0.1, -0.05) is 37.5 Å². The van der Waals surface area contributed by atoms with E-state index in [-0.39, 0.29) is 11.8 Å². The highest BCUT2D eigenvalue weighted by Gasteiger charge is 2.40. The van der Waals surface area contributed by atoms with Crippen LogP contribution in [0.1, 0.15) is 13.8 Å². The number of carbonyl (C=O) groups excluding carboxylic acids is 2. The average molecular weight is 268 g/mol. The van der Waals surface area contributed by atoms with Crippen molar-refractivity contribution in [2.45, 2.75) is 13.8 Å². The third-order valence-electron chi connectivity index (χ3n) is 3.32. The van der Waals surface area contributed by atoms with Crippen LogP contribution in [0.25, 0.3) is 0 Å². The number of fused-ring (bicyclic) bond motifs is 1. The first-order valence-corrected chi connectivity index (χ1v) is 6.28. The lowest BCUT2D eigenvalue weighted by molar-refractivity contribution is -0.117. The average Bonchev–Trinajstić information content (AvgIpc) is 2.94. The molecule has 0 saturated carbocycles. The second-order valence-corrected chi connectivity index (χ2v) is 4.30. The van der Waals surface area contributed by atoms with Crippen LogP contribution in [0.4, 0.5) is 0 Å². The Bertz CT molecular complexity index is 600. The standard InChI is InChI=1S/C16H16N2O2/c1-5-9(6-2)13-11-12(16(20)17-13)14(18-15(11)19)10(7-3)8-4/h5-8H,1,3H2,2,4H3,(H,17,20)(H,18,19)/b9-6+,10-8+. The predicted molar refractivity (Wildman–Crippen MR) is 78.2 cm³/mol. The molecule has 0 aromatic heterocycles. The van der Waals surface area contributed by atoms with Gasteiger partial charge in [0.15, 0.2) is 0 Å². The summed E-state index contributed by atoms with van der Waals surface area (Å²) in [5.74, 6) is -0.573. The maximum atomic E-state index is 12.2. The van der Waals surface area contributed by atoms with Gasteiger partial charge >= 0.3 is 0 Å². The molecule has 0 fully saturated rings. The highest BCUT2D eigenvalue weighted by Crippen LogP contribution is 2.34. The third kappa shape index (κ3) is 1.86. The van der Waals surface area contributed by atoms with Gasteiger partial charge in [-0.05, 0) is 25.0 Å². The minimum Gasteiger partial charge on any atom is -0.321 e. The Hall–Kier alpha value is -2.62. The van der Waals surface area contributed by atoms with E-state index < -0.39 is 0 Å². The van der Waals surface area contributed by atoms with Crippen LogP contribution in [-0.2, 0) is 9.59 Å². The summed E-state index contributed by atoms with van der Waals surface area (Å²) in [6.07, 6.45) is 6.82. The van der Waals surface area contributed by atoms with Crippen LogP contribution < -0.4 is 10.6 Å². The monoisotopic (exact) mass is 268 g/mol. The number of carbonyl (C=O) groups is 2. The quantitative estimate of drug-likeness (QED) is 0.766. The number of nitrogens with one attached hydrogen (secondary N) is 2. The van der Waals surface area contributed by atoms with E-state index in [2.05, 4.69) is 23.8 Å². The number of hydrogen-bond acceptors (Lipinski definition) is 2. The highest BCUT2D eigenvalue weighted by molar-refractivity contribution is 6.20. The summed E-state index contributed by atoms with van der Waals surface area (Å²) < 4.78 is 0.